The highest BCUT2D eigenvalue weighted by atomic mass is 16.5. The number of hydrogen-bond donors (Lipinski definition) is 1. The number of hydrogen-bond acceptors (Lipinski definition) is 7. The van der Waals surface area contributed by atoms with E-state index in [0.29, 0.717) is 18.3 Å². The summed E-state index contributed by atoms with van der Waals surface area (Å²) in [4.78, 5) is 21.0. The normalized spacial score (nSPS) is 14.1. The number of aryl methyl sites for hydroxylation is 1. The molecule has 0 radical (unpaired) electrons. The lowest BCUT2D eigenvalue weighted by Gasteiger charge is -2.28. The summed E-state index contributed by atoms with van der Waals surface area (Å²) in [6.45, 7) is 5.91. The van der Waals surface area contributed by atoms with Gasteiger partial charge in [0.05, 0.1) is 26.3 Å². The summed E-state index contributed by atoms with van der Waals surface area (Å²) in [6, 6.07) is 15.8. The molecular formula is C23H27N5O3. The van der Waals surface area contributed by atoms with E-state index in [9.17, 15) is 4.79 Å². The van der Waals surface area contributed by atoms with Gasteiger partial charge in [-0.1, -0.05) is 35.0 Å². The number of benzene rings is 2. The second-order valence-electron chi connectivity index (χ2n) is 7.74. The number of nitrogens with one attached hydrogen (secondary N) is 1. The Balaban J connectivity index is 1.27. The Morgan fingerprint density at radius 3 is 2.52 bits per heavy atom. The number of morpholine rings is 1. The van der Waals surface area contributed by atoms with Gasteiger partial charge in [-0.05, 0) is 38.2 Å². The number of likely N-dealkylation sites (N-methyl/N-ethyl adjacent to an activating group) is 1. The van der Waals surface area contributed by atoms with Gasteiger partial charge in [0.1, 0.15) is 0 Å². The van der Waals surface area contributed by atoms with Crippen LogP contribution in [0, 0.1) is 6.92 Å². The number of nitrogens with zero attached hydrogens (tertiary/aromatic N) is 4. The van der Waals surface area contributed by atoms with Crippen LogP contribution in [0.3, 0.4) is 0 Å². The first kappa shape index (κ1) is 21.0. The first-order valence-electron chi connectivity index (χ1n) is 10.4. The summed E-state index contributed by atoms with van der Waals surface area (Å²) in [5.74, 6) is 0.925. The third-order valence-electron chi connectivity index (χ3n) is 5.12. The summed E-state index contributed by atoms with van der Waals surface area (Å²) in [7, 11) is 1.84. The van der Waals surface area contributed by atoms with Crippen molar-refractivity contribution in [1.29, 1.82) is 0 Å². The molecule has 162 valence electrons. The molecule has 0 spiro atoms. The average Bonchev–Trinajstić information content (AvgIpc) is 3.23. The van der Waals surface area contributed by atoms with E-state index in [2.05, 4.69) is 20.4 Å². The Labute approximate surface area is 181 Å². The van der Waals surface area contributed by atoms with Gasteiger partial charge < -0.3 is 19.5 Å². The molecule has 31 heavy (non-hydrogen) atoms. The number of carbonyl (C=O) groups is 1. The standard InChI is InChI=1S/C23H27N5O3/c1-17-3-5-18(6-4-17)23-25-22(31-26-23)16-27(2)15-21(29)24-19-7-9-20(10-8-19)28-11-13-30-14-12-28/h3-10H,11-16H2,1-2H3,(H,24,29). The lowest BCUT2D eigenvalue weighted by molar-refractivity contribution is -0.117. The molecule has 8 nitrogen and oxygen atoms in total. The number of aromatic nitrogens is 2. The Morgan fingerprint density at radius 2 is 1.81 bits per heavy atom. The van der Waals surface area contributed by atoms with Crippen LogP contribution in [-0.2, 0) is 16.1 Å². The minimum atomic E-state index is -0.0973. The molecule has 1 aliphatic heterocycles. The van der Waals surface area contributed by atoms with Crippen molar-refractivity contribution in [2.45, 2.75) is 13.5 Å². The zero-order valence-corrected chi connectivity index (χ0v) is 17.9. The zero-order valence-electron chi connectivity index (χ0n) is 17.9. The number of anilines is 2. The maximum absolute atomic E-state index is 12.4. The van der Waals surface area contributed by atoms with Crippen LogP contribution in [0.25, 0.3) is 11.4 Å². The second-order valence-corrected chi connectivity index (χ2v) is 7.74. The minimum absolute atomic E-state index is 0.0973. The molecule has 0 aliphatic carbocycles. The fourth-order valence-electron chi connectivity index (χ4n) is 3.45. The van der Waals surface area contributed by atoms with Crippen molar-refractivity contribution < 1.29 is 14.1 Å². The van der Waals surface area contributed by atoms with Crippen molar-refractivity contribution >= 4 is 17.3 Å². The van der Waals surface area contributed by atoms with Gasteiger partial charge in [-0.25, -0.2) is 0 Å². The van der Waals surface area contributed by atoms with Crippen LogP contribution in [0.1, 0.15) is 11.5 Å². The first-order valence-corrected chi connectivity index (χ1v) is 10.4. The molecule has 4 rings (SSSR count). The average molecular weight is 422 g/mol. The number of amides is 1. The Morgan fingerprint density at radius 1 is 1.10 bits per heavy atom. The van der Waals surface area contributed by atoms with Crippen molar-refractivity contribution in [2.75, 3.05) is 50.1 Å². The highest BCUT2D eigenvalue weighted by Crippen LogP contribution is 2.19. The summed E-state index contributed by atoms with van der Waals surface area (Å²) in [5.41, 5.74) is 3.99. The minimum Gasteiger partial charge on any atom is -0.378 e. The zero-order chi connectivity index (χ0) is 21.6. The lowest BCUT2D eigenvalue weighted by atomic mass is 10.1. The van der Waals surface area contributed by atoms with E-state index in [1.54, 1.807) is 0 Å². The van der Waals surface area contributed by atoms with Crippen LogP contribution in [0.15, 0.2) is 53.1 Å². The summed E-state index contributed by atoms with van der Waals surface area (Å²) >= 11 is 0. The SMILES string of the molecule is Cc1ccc(-c2noc(CN(C)CC(=O)Nc3ccc(N4CCOCC4)cc3)n2)cc1. The quantitative estimate of drug-likeness (QED) is 0.628. The molecular weight excluding hydrogens is 394 g/mol. The van der Waals surface area contributed by atoms with Crippen molar-refractivity contribution in [1.82, 2.24) is 15.0 Å². The highest BCUT2D eigenvalue weighted by Gasteiger charge is 2.14. The molecule has 1 fully saturated rings. The molecule has 1 aliphatic rings. The maximum atomic E-state index is 12.4. The molecule has 0 saturated carbocycles. The molecule has 0 bridgehead atoms. The van der Waals surface area contributed by atoms with Gasteiger partial charge in [-0.3, -0.25) is 9.69 Å². The molecule has 1 N–H and O–H groups in total. The van der Waals surface area contributed by atoms with Crippen LogP contribution in [-0.4, -0.2) is 60.8 Å². The molecule has 0 atom stereocenters. The van der Waals surface area contributed by atoms with Crippen LogP contribution in [0.5, 0.6) is 0 Å². The number of ether oxygens (including phenoxy) is 1. The Hall–Kier alpha value is -3.23. The van der Waals surface area contributed by atoms with E-state index >= 15 is 0 Å². The van der Waals surface area contributed by atoms with E-state index in [0.717, 1.165) is 43.2 Å². The van der Waals surface area contributed by atoms with Gasteiger partial charge in [0.2, 0.25) is 17.6 Å². The summed E-state index contributed by atoms with van der Waals surface area (Å²) < 4.78 is 10.7. The summed E-state index contributed by atoms with van der Waals surface area (Å²) in [5, 5.41) is 6.97. The third kappa shape index (κ3) is 5.68. The molecule has 1 saturated heterocycles. The van der Waals surface area contributed by atoms with Gasteiger partial charge in [0.15, 0.2) is 0 Å². The van der Waals surface area contributed by atoms with Crippen molar-refractivity contribution in [3.05, 3.63) is 60.0 Å². The lowest BCUT2D eigenvalue weighted by Crippen LogP contribution is -2.36. The van der Waals surface area contributed by atoms with Gasteiger partial charge in [0, 0.05) is 30.0 Å². The number of carbonyl (C=O) groups excluding carboxylic acids is 1. The van der Waals surface area contributed by atoms with Crippen LogP contribution >= 0.6 is 0 Å². The van der Waals surface area contributed by atoms with Crippen molar-refractivity contribution in [3.8, 4) is 11.4 Å². The Kier molecular flexibility index (Phi) is 6.59. The van der Waals surface area contributed by atoms with Crippen molar-refractivity contribution in [3.63, 3.8) is 0 Å². The van der Waals surface area contributed by atoms with Gasteiger partial charge in [-0.15, -0.1) is 0 Å². The molecule has 2 heterocycles. The molecule has 2 aromatic carbocycles. The molecule has 0 unspecified atom stereocenters. The first-order chi connectivity index (χ1) is 15.1. The van der Waals surface area contributed by atoms with E-state index in [1.165, 1.54) is 5.56 Å². The highest BCUT2D eigenvalue weighted by molar-refractivity contribution is 5.92. The predicted molar refractivity (Wildman–Crippen MR) is 119 cm³/mol. The van der Waals surface area contributed by atoms with Crippen LogP contribution in [0.2, 0.25) is 0 Å². The maximum Gasteiger partial charge on any atom is 0.241 e. The molecule has 1 aromatic heterocycles. The van der Waals surface area contributed by atoms with Crippen molar-refractivity contribution in [2.24, 2.45) is 0 Å². The van der Waals surface area contributed by atoms with Gasteiger partial charge in [0.25, 0.3) is 0 Å². The van der Waals surface area contributed by atoms with E-state index < -0.39 is 0 Å². The number of rotatable bonds is 7. The van der Waals surface area contributed by atoms with Gasteiger partial charge in [-0.2, -0.15) is 4.98 Å². The van der Waals surface area contributed by atoms with Crippen LogP contribution in [0.4, 0.5) is 11.4 Å². The predicted octanol–water partition coefficient (Wildman–Crippen LogP) is 2.95. The van der Waals surface area contributed by atoms with E-state index in [4.69, 9.17) is 9.26 Å². The topological polar surface area (TPSA) is 83.7 Å². The van der Waals surface area contributed by atoms with Crippen LogP contribution < -0.4 is 10.2 Å². The Bertz CT molecular complexity index is 995. The largest absolute Gasteiger partial charge is 0.378 e. The fourth-order valence-corrected chi connectivity index (χ4v) is 3.45. The second kappa shape index (κ2) is 9.72. The molecule has 8 heteroatoms. The molecule has 3 aromatic rings. The van der Waals surface area contributed by atoms with E-state index in [-0.39, 0.29) is 12.5 Å². The smallest absolute Gasteiger partial charge is 0.241 e. The molecule has 1 amide bonds. The fraction of sp³-hybridized carbons (Fsp3) is 0.348. The monoisotopic (exact) mass is 421 g/mol. The third-order valence-corrected chi connectivity index (χ3v) is 5.12. The summed E-state index contributed by atoms with van der Waals surface area (Å²) in [6.07, 6.45) is 0. The van der Waals surface area contributed by atoms with Gasteiger partial charge >= 0.3 is 0 Å². The van der Waals surface area contributed by atoms with E-state index in [1.807, 2.05) is 67.4 Å².